The van der Waals surface area contributed by atoms with Gasteiger partial charge in [0.2, 0.25) is 23.6 Å². The first kappa shape index (κ1) is 31.7. The molecular weight excluding hydrogens is 478 g/mol. The topological polar surface area (TPSA) is 155 Å². The Bertz CT molecular complexity index is 922. The first-order valence-corrected chi connectivity index (χ1v) is 12.2. The van der Waals surface area contributed by atoms with Crippen LogP contribution in [0.5, 0.6) is 0 Å². The molecule has 1 atom stereocenters. The zero-order valence-corrected chi connectivity index (χ0v) is 22.7. The number of ether oxygens (including phenoxy) is 1. The molecule has 0 radical (unpaired) electrons. The Morgan fingerprint density at radius 1 is 0.784 bits per heavy atom. The van der Waals surface area contributed by atoms with Crippen LogP contribution in [0.1, 0.15) is 47.1 Å². The van der Waals surface area contributed by atoms with E-state index >= 15 is 0 Å². The van der Waals surface area contributed by atoms with Gasteiger partial charge in [0, 0.05) is 17.4 Å². The molecule has 11 heteroatoms. The summed E-state index contributed by atoms with van der Waals surface area (Å²) in [6.07, 6.45) is 0.192. The highest BCUT2D eigenvalue weighted by Gasteiger charge is 2.23. The third kappa shape index (κ3) is 14.7. The van der Waals surface area contributed by atoms with E-state index in [0.717, 1.165) is 5.56 Å². The van der Waals surface area contributed by atoms with Crippen molar-refractivity contribution in [3.63, 3.8) is 0 Å². The molecule has 4 amide bonds. The number of carbonyl (C=O) groups excluding carboxylic acids is 5. The van der Waals surface area contributed by atoms with Crippen LogP contribution in [0.2, 0.25) is 0 Å². The molecule has 0 aliphatic heterocycles. The fraction of sp³-hybridized carbons (Fsp3) is 0.577. The lowest BCUT2D eigenvalue weighted by atomic mass is 9.91. The van der Waals surface area contributed by atoms with Gasteiger partial charge >= 0.3 is 0 Å². The Hall–Kier alpha value is -3.31. The average molecular weight is 520 g/mol. The molecule has 0 spiro atoms. The third-order valence-corrected chi connectivity index (χ3v) is 5.02. The summed E-state index contributed by atoms with van der Waals surface area (Å²) >= 11 is 0. The van der Waals surface area contributed by atoms with E-state index in [1.807, 2.05) is 51.1 Å². The van der Waals surface area contributed by atoms with Crippen molar-refractivity contribution in [1.82, 2.24) is 26.6 Å². The van der Waals surface area contributed by atoms with E-state index in [-0.39, 0.29) is 56.6 Å². The van der Waals surface area contributed by atoms with Crippen LogP contribution in [0, 0.1) is 5.41 Å². The second-order valence-corrected chi connectivity index (χ2v) is 10.7. The largest absolute Gasteiger partial charge is 0.353 e. The minimum atomic E-state index is -0.965. The lowest BCUT2D eigenvalue weighted by molar-refractivity contribution is -0.133. The number of amides is 4. The van der Waals surface area contributed by atoms with Crippen molar-refractivity contribution >= 4 is 29.4 Å². The van der Waals surface area contributed by atoms with Gasteiger partial charge in [0.05, 0.1) is 19.6 Å². The van der Waals surface area contributed by atoms with Gasteiger partial charge < -0.3 is 31.3 Å². The summed E-state index contributed by atoms with van der Waals surface area (Å²) in [5.41, 5.74) is 0.0194. The van der Waals surface area contributed by atoms with Crippen LogP contribution in [0.25, 0.3) is 0 Å². The first-order chi connectivity index (χ1) is 17.2. The molecule has 1 rings (SSSR count). The van der Waals surface area contributed by atoms with E-state index in [4.69, 9.17) is 4.74 Å². The van der Waals surface area contributed by atoms with Crippen LogP contribution in [-0.4, -0.2) is 74.0 Å². The molecule has 11 nitrogen and oxygen atoms in total. The average Bonchev–Trinajstić information content (AvgIpc) is 2.81. The zero-order valence-electron chi connectivity index (χ0n) is 22.7. The fourth-order valence-corrected chi connectivity index (χ4v) is 2.74. The third-order valence-electron chi connectivity index (χ3n) is 5.02. The zero-order chi connectivity index (χ0) is 28.1. The van der Waals surface area contributed by atoms with Crippen molar-refractivity contribution in [2.45, 2.75) is 59.5 Å². The van der Waals surface area contributed by atoms with Gasteiger partial charge in [-0.15, -0.1) is 0 Å². The number of hydrogen-bond donors (Lipinski definition) is 5. The second-order valence-electron chi connectivity index (χ2n) is 10.7. The van der Waals surface area contributed by atoms with E-state index in [9.17, 15) is 24.0 Å². The quantitative estimate of drug-likeness (QED) is 0.172. The summed E-state index contributed by atoms with van der Waals surface area (Å²) in [4.78, 5) is 61.1. The lowest BCUT2D eigenvalue weighted by Crippen LogP contribution is -2.52. The minimum absolute atomic E-state index is 0.0495. The van der Waals surface area contributed by atoms with Gasteiger partial charge in [-0.3, -0.25) is 24.0 Å². The molecule has 0 heterocycles. The molecule has 0 unspecified atom stereocenters. The molecule has 0 aliphatic rings. The Kier molecular flexibility index (Phi) is 12.9. The van der Waals surface area contributed by atoms with Gasteiger partial charge in [-0.1, -0.05) is 51.1 Å². The number of carbonyl (C=O) groups is 5. The van der Waals surface area contributed by atoms with Gasteiger partial charge in [0.15, 0.2) is 5.78 Å². The van der Waals surface area contributed by atoms with Crippen molar-refractivity contribution in [3.05, 3.63) is 35.9 Å². The van der Waals surface area contributed by atoms with Crippen molar-refractivity contribution < 1.29 is 28.7 Å². The van der Waals surface area contributed by atoms with Crippen LogP contribution in [0.15, 0.2) is 30.3 Å². The highest BCUT2D eigenvalue weighted by Crippen LogP contribution is 2.14. The second kappa shape index (κ2) is 15.1. The van der Waals surface area contributed by atoms with Crippen LogP contribution >= 0.6 is 0 Å². The number of Topliss-reactive ketones (excluding diaryl/α,β-unsaturated/α-hetero) is 1. The van der Waals surface area contributed by atoms with Gasteiger partial charge in [0.25, 0.3) is 0 Å². The van der Waals surface area contributed by atoms with E-state index in [1.54, 1.807) is 20.8 Å². The smallest absolute Gasteiger partial charge is 0.243 e. The number of ketones is 1. The molecule has 0 aliphatic carbocycles. The molecule has 0 saturated heterocycles. The molecule has 0 saturated carbocycles. The first-order valence-electron chi connectivity index (χ1n) is 12.2. The molecule has 0 aromatic heterocycles. The summed E-state index contributed by atoms with van der Waals surface area (Å²) in [5, 5.41) is 13.1. The van der Waals surface area contributed by atoms with Crippen LogP contribution in [0.4, 0.5) is 0 Å². The Morgan fingerprint density at radius 3 is 1.97 bits per heavy atom. The normalized spacial score (nSPS) is 12.3. The summed E-state index contributed by atoms with van der Waals surface area (Å²) in [7, 11) is 0. The van der Waals surface area contributed by atoms with E-state index in [1.165, 1.54) is 0 Å². The SMILES string of the molecule is CC(C)(C)NCC(=O)NCC(=O)N[C@@H](Cc1ccccc1)C(=O)NCC(=O)NCOCC(=O)C(C)(C)C. The van der Waals surface area contributed by atoms with E-state index in [2.05, 4.69) is 26.6 Å². The maximum Gasteiger partial charge on any atom is 0.243 e. The molecule has 206 valence electrons. The number of rotatable bonds is 14. The van der Waals surface area contributed by atoms with Gasteiger partial charge in [-0.25, -0.2) is 0 Å². The molecule has 0 fully saturated rings. The maximum absolute atomic E-state index is 12.8. The van der Waals surface area contributed by atoms with Crippen LogP contribution < -0.4 is 26.6 Å². The van der Waals surface area contributed by atoms with E-state index in [0.29, 0.717) is 0 Å². The van der Waals surface area contributed by atoms with Crippen molar-refractivity contribution in [2.24, 2.45) is 5.41 Å². The van der Waals surface area contributed by atoms with Crippen molar-refractivity contribution in [2.75, 3.05) is 33.0 Å². The molecule has 1 aromatic rings. The molecule has 37 heavy (non-hydrogen) atoms. The lowest BCUT2D eigenvalue weighted by Gasteiger charge is -2.21. The Labute approximate surface area is 218 Å². The highest BCUT2D eigenvalue weighted by atomic mass is 16.5. The number of hydrogen-bond acceptors (Lipinski definition) is 7. The predicted molar refractivity (Wildman–Crippen MR) is 139 cm³/mol. The van der Waals surface area contributed by atoms with Crippen molar-refractivity contribution in [1.29, 1.82) is 0 Å². The van der Waals surface area contributed by atoms with Gasteiger partial charge in [-0.05, 0) is 26.3 Å². The molecule has 5 N–H and O–H groups in total. The minimum Gasteiger partial charge on any atom is -0.353 e. The monoisotopic (exact) mass is 519 g/mol. The predicted octanol–water partition coefficient (Wildman–Crippen LogP) is 0.0399. The standard InChI is InChI=1S/C26H41N5O6/c1-25(2,3)20(32)16-37-17-29-21(33)13-28-24(36)19(12-18-10-8-7-9-11-18)31-23(35)14-27-22(34)15-30-26(4,5)6/h7-11,19,30H,12-17H2,1-6H3,(H,27,34)(H,28,36)(H,29,33)(H,31,35)/t19-/m0/s1. The number of nitrogens with one attached hydrogen (secondary N) is 5. The van der Waals surface area contributed by atoms with Gasteiger partial charge in [0.1, 0.15) is 19.4 Å². The highest BCUT2D eigenvalue weighted by molar-refractivity contribution is 5.92. The van der Waals surface area contributed by atoms with Crippen molar-refractivity contribution in [3.8, 4) is 0 Å². The summed E-state index contributed by atoms with van der Waals surface area (Å²) < 4.78 is 5.17. The molecule has 0 bridgehead atoms. The van der Waals surface area contributed by atoms with E-state index < -0.39 is 29.2 Å². The fourth-order valence-electron chi connectivity index (χ4n) is 2.74. The van der Waals surface area contributed by atoms with Gasteiger partial charge in [-0.2, -0.15) is 0 Å². The Morgan fingerprint density at radius 2 is 1.38 bits per heavy atom. The van der Waals surface area contributed by atoms with Crippen LogP contribution in [0.3, 0.4) is 0 Å². The summed E-state index contributed by atoms with van der Waals surface area (Å²) in [5.74, 6) is -2.06. The summed E-state index contributed by atoms with van der Waals surface area (Å²) in [6, 6.07) is 8.12. The molecule has 1 aromatic carbocycles. The molecular formula is C26H41N5O6. The number of benzene rings is 1. The maximum atomic E-state index is 12.8. The summed E-state index contributed by atoms with van der Waals surface area (Å²) in [6.45, 7) is 10.2. The van der Waals surface area contributed by atoms with Crippen LogP contribution in [-0.2, 0) is 35.1 Å². The Balaban J connectivity index is 2.57.